The largest absolute Gasteiger partial charge is 0.506 e. The molecule has 0 aliphatic rings. The van der Waals surface area contributed by atoms with Gasteiger partial charge in [-0.15, -0.1) is 0 Å². The second kappa shape index (κ2) is 9.33. The number of benzene rings is 2. The number of nitrogens with one attached hydrogen (secondary N) is 1. The van der Waals surface area contributed by atoms with E-state index < -0.39 is 22.6 Å². The molecule has 3 aromatic rings. The molecule has 2 aromatic carbocycles. The molecule has 1 aromatic heterocycles. The number of aromatic amines is 1. The first kappa shape index (κ1) is 21.2. The minimum Gasteiger partial charge on any atom is -0.506 e. The summed E-state index contributed by atoms with van der Waals surface area (Å²) in [7, 11) is 0. The van der Waals surface area contributed by atoms with E-state index in [4.69, 9.17) is 9.29 Å². The molecule has 0 fully saturated rings. The Kier molecular flexibility index (Phi) is 6.60. The molecule has 0 saturated carbocycles. The molecule has 156 valence electrons. The molecule has 0 aliphatic carbocycles. The highest BCUT2D eigenvalue weighted by molar-refractivity contribution is 7.78. The molecule has 1 heterocycles. The first-order valence-corrected chi connectivity index (χ1v) is 10.2. The third-order valence-corrected chi connectivity index (χ3v) is 4.66. The van der Waals surface area contributed by atoms with Crippen LogP contribution in [0.25, 0.3) is 5.69 Å². The molecule has 10 heteroatoms. The summed E-state index contributed by atoms with van der Waals surface area (Å²) < 4.78 is 26.3. The van der Waals surface area contributed by atoms with Crippen LogP contribution in [0.15, 0.2) is 58.3 Å². The number of ether oxygens (including phenoxy) is 1. The van der Waals surface area contributed by atoms with E-state index in [1.807, 2.05) is 0 Å². The van der Waals surface area contributed by atoms with Crippen LogP contribution in [0.1, 0.15) is 28.5 Å². The topological polar surface area (TPSA) is 134 Å². The van der Waals surface area contributed by atoms with Crippen LogP contribution in [0.3, 0.4) is 0 Å². The summed E-state index contributed by atoms with van der Waals surface area (Å²) in [5, 5.41) is 12.8. The fourth-order valence-corrected chi connectivity index (χ4v) is 3.19. The zero-order valence-corrected chi connectivity index (χ0v) is 16.8. The number of hydrogen-bond acceptors (Lipinski definition) is 6. The van der Waals surface area contributed by atoms with E-state index in [1.165, 1.54) is 22.9 Å². The third kappa shape index (κ3) is 4.73. The number of aromatic hydroxyl groups is 1. The summed E-state index contributed by atoms with van der Waals surface area (Å²) >= 11 is -2.06. The fourth-order valence-electron chi connectivity index (χ4n) is 2.73. The van der Waals surface area contributed by atoms with E-state index in [2.05, 4.69) is 10.1 Å². The summed E-state index contributed by atoms with van der Waals surface area (Å²) in [6, 6.07) is 12.9. The number of hydrogen-bond donors (Lipinski definition) is 3. The van der Waals surface area contributed by atoms with Crippen molar-refractivity contribution in [1.29, 1.82) is 0 Å². The summed E-state index contributed by atoms with van der Waals surface area (Å²) in [5.41, 5.74) is 0.416. The van der Waals surface area contributed by atoms with Crippen molar-refractivity contribution < 1.29 is 23.4 Å². The molecule has 0 aliphatic heterocycles. The Morgan fingerprint density at radius 3 is 2.67 bits per heavy atom. The number of carbonyl (C=O) groups is 1. The van der Waals surface area contributed by atoms with Crippen LogP contribution in [0, 0.1) is 0 Å². The van der Waals surface area contributed by atoms with Crippen molar-refractivity contribution in [1.82, 2.24) is 9.78 Å². The van der Waals surface area contributed by atoms with Gasteiger partial charge in [-0.25, -0.2) is 13.7 Å². The van der Waals surface area contributed by atoms with Gasteiger partial charge in [0.2, 0.25) is 0 Å². The first-order chi connectivity index (χ1) is 14.4. The fraction of sp³-hybridized carbons (Fsp3) is 0.150. The lowest BCUT2D eigenvalue weighted by molar-refractivity contribution is 0.0518. The lowest BCUT2D eigenvalue weighted by Gasteiger charge is -2.03. The number of aromatic nitrogens is 2. The Labute approximate surface area is 173 Å². The van der Waals surface area contributed by atoms with E-state index >= 15 is 0 Å². The molecular weight excluding hydrogens is 410 g/mol. The standard InChI is InChI=1S/C20H19N3O6S/c1-2-29-20(26)18-15(19(25)23(22-18)14-6-4-3-5-7-14)11-21-16-10-13(12-30(27)28)8-9-17(16)24/h3-11,22,24H,2,12H2,1H3,(H,27,28). The second-order valence-corrected chi connectivity index (χ2v) is 7.08. The van der Waals surface area contributed by atoms with Crippen LogP contribution in [0.4, 0.5) is 5.69 Å². The van der Waals surface area contributed by atoms with Gasteiger partial charge in [-0.05, 0) is 36.8 Å². The number of phenols is 1. The maximum absolute atomic E-state index is 12.9. The van der Waals surface area contributed by atoms with Gasteiger partial charge in [0.05, 0.1) is 23.6 Å². The van der Waals surface area contributed by atoms with E-state index in [0.717, 1.165) is 6.21 Å². The second-order valence-electron chi connectivity index (χ2n) is 6.14. The summed E-state index contributed by atoms with van der Waals surface area (Å²) in [5.74, 6) is -1.04. The molecule has 0 saturated heterocycles. The monoisotopic (exact) mass is 429 g/mol. The molecule has 0 bridgehead atoms. The third-order valence-electron chi connectivity index (χ3n) is 4.08. The van der Waals surface area contributed by atoms with Crippen molar-refractivity contribution in [3.63, 3.8) is 0 Å². The highest BCUT2D eigenvalue weighted by Crippen LogP contribution is 2.27. The lowest BCUT2D eigenvalue weighted by atomic mass is 10.2. The van der Waals surface area contributed by atoms with Crippen molar-refractivity contribution in [3.8, 4) is 11.4 Å². The molecule has 1 atom stereocenters. The minimum absolute atomic E-state index is 0.0483. The van der Waals surface area contributed by atoms with Gasteiger partial charge in [0, 0.05) is 6.21 Å². The average Bonchev–Trinajstić information content (AvgIpc) is 3.05. The van der Waals surface area contributed by atoms with Crippen LogP contribution in [-0.2, 0) is 21.6 Å². The Morgan fingerprint density at radius 2 is 2.00 bits per heavy atom. The van der Waals surface area contributed by atoms with Gasteiger partial charge < -0.3 is 14.4 Å². The highest BCUT2D eigenvalue weighted by atomic mass is 32.2. The summed E-state index contributed by atoms with van der Waals surface area (Å²) in [6.07, 6.45) is 1.15. The molecule has 1 unspecified atom stereocenters. The van der Waals surface area contributed by atoms with Gasteiger partial charge in [0.1, 0.15) is 11.4 Å². The van der Waals surface area contributed by atoms with Crippen LogP contribution in [0.5, 0.6) is 5.75 Å². The smallest absolute Gasteiger partial charge is 0.357 e. The van der Waals surface area contributed by atoms with Crippen LogP contribution >= 0.6 is 0 Å². The molecule has 3 N–H and O–H groups in total. The Balaban J connectivity index is 2.07. The number of para-hydroxylation sites is 1. The number of rotatable bonds is 7. The maximum atomic E-state index is 12.9. The van der Waals surface area contributed by atoms with E-state index in [1.54, 1.807) is 37.3 Å². The predicted octanol–water partition coefficient (Wildman–Crippen LogP) is 2.52. The quantitative estimate of drug-likeness (QED) is 0.300. The molecular formula is C20H19N3O6S. The molecule has 9 nitrogen and oxygen atoms in total. The predicted molar refractivity (Wildman–Crippen MR) is 112 cm³/mol. The van der Waals surface area contributed by atoms with Gasteiger partial charge in [-0.3, -0.25) is 14.9 Å². The molecule has 0 amide bonds. The Morgan fingerprint density at radius 1 is 1.27 bits per heavy atom. The van der Waals surface area contributed by atoms with Gasteiger partial charge in [-0.2, -0.15) is 0 Å². The van der Waals surface area contributed by atoms with Crippen molar-refractivity contribution in [2.45, 2.75) is 12.7 Å². The zero-order valence-electron chi connectivity index (χ0n) is 15.9. The molecule has 0 radical (unpaired) electrons. The van der Waals surface area contributed by atoms with Crippen molar-refractivity contribution in [2.75, 3.05) is 6.61 Å². The number of carbonyl (C=O) groups excluding carboxylic acids is 1. The van der Waals surface area contributed by atoms with Crippen molar-refractivity contribution in [2.24, 2.45) is 4.99 Å². The number of esters is 1. The number of nitrogens with zero attached hydrogens (tertiary/aromatic N) is 2. The SMILES string of the molecule is CCOC(=O)c1[nH]n(-c2ccccc2)c(=O)c1C=Nc1cc(CS(=O)O)ccc1O. The Hall–Kier alpha value is -3.50. The van der Waals surface area contributed by atoms with E-state index in [0.29, 0.717) is 11.3 Å². The average molecular weight is 429 g/mol. The van der Waals surface area contributed by atoms with E-state index in [9.17, 15) is 18.9 Å². The first-order valence-electron chi connectivity index (χ1n) is 8.91. The minimum atomic E-state index is -2.06. The van der Waals surface area contributed by atoms with Gasteiger partial charge in [-0.1, -0.05) is 24.3 Å². The molecule has 30 heavy (non-hydrogen) atoms. The number of H-pyrrole nitrogens is 1. The van der Waals surface area contributed by atoms with Crippen LogP contribution in [-0.4, -0.2) is 42.4 Å². The van der Waals surface area contributed by atoms with Crippen LogP contribution in [0.2, 0.25) is 0 Å². The normalized spacial score (nSPS) is 12.2. The number of phenolic OH excluding ortho intramolecular Hbond substituents is 1. The van der Waals surface area contributed by atoms with Crippen LogP contribution < -0.4 is 5.56 Å². The Bertz CT molecular complexity index is 1170. The van der Waals surface area contributed by atoms with Crippen molar-refractivity contribution >= 4 is 29.0 Å². The number of aliphatic imine (C=N–C) groups is 1. The summed E-state index contributed by atoms with van der Waals surface area (Å²) in [4.78, 5) is 29.4. The van der Waals surface area contributed by atoms with E-state index in [-0.39, 0.29) is 35.1 Å². The highest BCUT2D eigenvalue weighted by Gasteiger charge is 2.21. The van der Waals surface area contributed by atoms with Gasteiger partial charge >= 0.3 is 5.97 Å². The summed E-state index contributed by atoms with van der Waals surface area (Å²) in [6.45, 7) is 1.77. The molecule has 0 spiro atoms. The van der Waals surface area contributed by atoms with Gasteiger partial charge in [0.15, 0.2) is 16.8 Å². The zero-order chi connectivity index (χ0) is 21.7. The molecule has 3 rings (SSSR count). The van der Waals surface area contributed by atoms with Gasteiger partial charge in [0.25, 0.3) is 5.56 Å². The maximum Gasteiger partial charge on any atom is 0.357 e. The lowest BCUT2D eigenvalue weighted by Crippen LogP contribution is -2.17. The van der Waals surface area contributed by atoms with Crippen molar-refractivity contribution in [3.05, 3.63) is 75.7 Å².